The van der Waals surface area contributed by atoms with Gasteiger partial charge < -0.3 is 10.1 Å². The van der Waals surface area contributed by atoms with Crippen molar-refractivity contribution in [2.45, 2.75) is 32.7 Å². The van der Waals surface area contributed by atoms with Crippen molar-refractivity contribution in [2.24, 2.45) is 0 Å². The summed E-state index contributed by atoms with van der Waals surface area (Å²) in [6.45, 7) is 6.26. The lowest BCUT2D eigenvalue weighted by atomic mass is 10.2. The zero-order valence-corrected chi connectivity index (χ0v) is 15.0. The van der Waals surface area contributed by atoms with E-state index in [0.29, 0.717) is 23.5 Å². The van der Waals surface area contributed by atoms with E-state index in [1.807, 2.05) is 12.3 Å². The van der Waals surface area contributed by atoms with Gasteiger partial charge in [0.1, 0.15) is 11.6 Å². The Morgan fingerprint density at radius 2 is 1.84 bits per heavy atom. The fourth-order valence-electron chi connectivity index (χ4n) is 2.12. The average Bonchev–Trinajstić information content (AvgIpc) is 3.08. The van der Waals surface area contributed by atoms with Gasteiger partial charge in [-0.1, -0.05) is 13.8 Å². The van der Waals surface area contributed by atoms with E-state index in [1.165, 1.54) is 12.1 Å². The van der Waals surface area contributed by atoms with Crippen LogP contribution >= 0.6 is 11.3 Å². The number of benzene rings is 1. The van der Waals surface area contributed by atoms with E-state index in [4.69, 9.17) is 4.74 Å². The summed E-state index contributed by atoms with van der Waals surface area (Å²) in [6, 6.07) is 7.41. The van der Waals surface area contributed by atoms with Crippen molar-refractivity contribution in [3.05, 3.63) is 58.4 Å². The normalized spacial score (nSPS) is 12.2. The van der Waals surface area contributed by atoms with Crippen LogP contribution in [-0.2, 0) is 0 Å². The van der Waals surface area contributed by atoms with Crippen molar-refractivity contribution in [3.8, 4) is 11.6 Å². The molecule has 25 heavy (non-hydrogen) atoms. The molecule has 1 unspecified atom stereocenters. The molecule has 130 valence electrons. The highest BCUT2D eigenvalue weighted by Crippen LogP contribution is 2.25. The first-order valence-corrected chi connectivity index (χ1v) is 8.87. The van der Waals surface area contributed by atoms with Gasteiger partial charge in [-0.25, -0.2) is 14.4 Å². The van der Waals surface area contributed by atoms with E-state index in [0.717, 1.165) is 10.7 Å². The lowest BCUT2D eigenvalue weighted by molar-refractivity contribution is 0.460. The molecule has 2 aromatic heterocycles. The minimum absolute atomic E-state index is 0.0233. The molecule has 5 nitrogen and oxygen atoms in total. The van der Waals surface area contributed by atoms with Gasteiger partial charge in [0.15, 0.2) is 0 Å². The highest BCUT2D eigenvalue weighted by Gasteiger charge is 2.13. The Morgan fingerprint density at radius 1 is 1.08 bits per heavy atom. The zero-order chi connectivity index (χ0) is 17.8. The predicted molar refractivity (Wildman–Crippen MR) is 96.7 cm³/mol. The van der Waals surface area contributed by atoms with Crippen molar-refractivity contribution in [1.82, 2.24) is 15.0 Å². The smallest absolute Gasteiger partial charge is 0.226 e. The molecule has 1 aromatic carbocycles. The Labute approximate surface area is 149 Å². The summed E-state index contributed by atoms with van der Waals surface area (Å²) in [5, 5.41) is 6.38. The molecule has 0 saturated heterocycles. The second kappa shape index (κ2) is 7.57. The van der Waals surface area contributed by atoms with Crippen molar-refractivity contribution in [1.29, 1.82) is 0 Å². The Bertz CT molecular complexity index is 835. The maximum atomic E-state index is 12.9. The fraction of sp³-hybridized carbons (Fsp3) is 0.278. The number of nitrogens with zero attached hydrogens (tertiary/aromatic N) is 3. The molecule has 3 rings (SSSR count). The number of anilines is 1. The molecule has 1 N–H and O–H groups in total. The maximum Gasteiger partial charge on any atom is 0.226 e. The minimum atomic E-state index is -0.310. The third-order valence-electron chi connectivity index (χ3n) is 3.49. The number of rotatable bonds is 6. The first-order chi connectivity index (χ1) is 12.0. The Balaban J connectivity index is 1.69. The highest BCUT2D eigenvalue weighted by molar-refractivity contribution is 7.09. The van der Waals surface area contributed by atoms with Gasteiger partial charge in [0, 0.05) is 23.6 Å². The molecule has 0 aliphatic heterocycles. The van der Waals surface area contributed by atoms with Crippen LogP contribution in [0.25, 0.3) is 0 Å². The van der Waals surface area contributed by atoms with Gasteiger partial charge in [-0.15, -0.1) is 11.3 Å². The van der Waals surface area contributed by atoms with Gasteiger partial charge in [-0.05, 0) is 31.2 Å². The van der Waals surface area contributed by atoms with Crippen LogP contribution in [0.5, 0.6) is 11.6 Å². The third kappa shape index (κ3) is 4.51. The lowest BCUT2D eigenvalue weighted by Crippen LogP contribution is -2.10. The van der Waals surface area contributed by atoms with E-state index >= 15 is 0 Å². The second-order valence-electron chi connectivity index (χ2n) is 5.91. The van der Waals surface area contributed by atoms with Gasteiger partial charge in [-0.3, -0.25) is 0 Å². The average molecular weight is 358 g/mol. The van der Waals surface area contributed by atoms with Gasteiger partial charge in [0.25, 0.3) is 0 Å². The van der Waals surface area contributed by atoms with Crippen LogP contribution < -0.4 is 10.1 Å². The summed E-state index contributed by atoms with van der Waals surface area (Å²) in [5.74, 6) is 1.45. The molecule has 0 bridgehead atoms. The molecule has 0 amide bonds. The maximum absolute atomic E-state index is 12.9. The first kappa shape index (κ1) is 17.3. The van der Waals surface area contributed by atoms with E-state index in [9.17, 15) is 4.39 Å². The molecule has 3 aromatic rings. The summed E-state index contributed by atoms with van der Waals surface area (Å²) < 4.78 is 18.6. The van der Waals surface area contributed by atoms with Gasteiger partial charge in [0.05, 0.1) is 16.7 Å². The first-order valence-electron chi connectivity index (χ1n) is 7.99. The van der Waals surface area contributed by atoms with Gasteiger partial charge in [-0.2, -0.15) is 4.98 Å². The van der Waals surface area contributed by atoms with E-state index in [2.05, 4.69) is 34.1 Å². The molecule has 0 fully saturated rings. The topological polar surface area (TPSA) is 59.9 Å². The lowest BCUT2D eigenvalue weighted by Gasteiger charge is -2.12. The second-order valence-corrected chi connectivity index (χ2v) is 6.80. The third-order valence-corrected chi connectivity index (χ3v) is 4.65. The number of thiazole rings is 1. The summed E-state index contributed by atoms with van der Waals surface area (Å²) in [7, 11) is 0. The van der Waals surface area contributed by atoms with Crippen molar-refractivity contribution < 1.29 is 9.13 Å². The fourth-order valence-corrected chi connectivity index (χ4v) is 3.05. The van der Waals surface area contributed by atoms with E-state index in [-0.39, 0.29) is 11.9 Å². The number of ether oxygens (including phenoxy) is 1. The quantitative estimate of drug-likeness (QED) is 0.659. The SMILES string of the molecule is CC(C)c1nc(C(C)Nc2nccc(Oc3ccc(F)cc3)n2)cs1. The molecule has 0 radical (unpaired) electrons. The molecule has 0 spiro atoms. The van der Waals surface area contributed by atoms with E-state index < -0.39 is 0 Å². The standard InChI is InChI=1S/C18H19FN4OS/c1-11(2)17-22-15(10-25-17)12(3)21-18-20-9-8-16(23-18)24-14-6-4-13(19)5-7-14/h4-12H,1-3H3,(H,20,21,23). The Kier molecular flexibility index (Phi) is 5.23. The van der Waals surface area contributed by atoms with Crippen LogP contribution in [0.2, 0.25) is 0 Å². The summed E-state index contributed by atoms with van der Waals surface area (Å²) >= 11 is 1.66. The summed E-state index contributed by atoms with van der Waals surface area (Å²) in [6.07, 6.45) is 1.61. The molecule has 1 atom stereocenters. The molecule has 0 aliphatic carbocycles. The van der Waals surface area contributed by atoms with Crippen molar-refractivity contribution in [3.63, 3.8) is 0 Å². The number of halogens is 1. The number of aromatic nitrogens is 3. The summed E-state index contributed by atoms with van der Waals surface area (Å²) in [4.78, 5) is 13.2. The van der Waals surface area contributed by atoms with Gasteiger partial charge in [0.2, 0.25) is 11.8 Å². The van der Waals surface area contributed by atoms with Crippen LogP contribution in [0.15, 0.2) is 41.9 Å². The Hall–Kier alpha value is -2.54. The van der Waals surface area contributed by atoms with Crippen LogP contribution in [0.1, 0.15) is 43.4 Å². The molecule has 0 aliphatic rings. The predicted octanol–water partition coefficient (Wildman–Crippen LogP) is 5.16. The van der Waals surface area contributed by atoms with Crippen LogP contribution in [0.4, 0.5) is 10.3 Å². The minimum Gasteiger partial charge on any atom is -0.439 e. The highest BCUT2D eigenvalue weighted by atomic mass is 32.1. The molecule has 2 heterocycles. The summed E-state index contributed by atoms with van der Waals surface area (Å²) in [5.41, 5.74) is 0.960. The Morgan fingerprint density at radius 3 is 2.52 bits per heavy atom. The molecular weight excluding hydrogens is 339 g/mol. The molecular formula is C18H19FN4OS. The largest absolute Gasteiger partial charge is 0.439 e. The van der Waals surface area contributed by atoms with E-state index in [1.54, 1.807) is 35.7 Å². The van der Waals surface area contributed by atoms with Gasteiger partial charge >= 0.3 is 0 Å². The number of nitrogens with one attached hydrogen (secondary N) is 1. The number of hydrogen-bond acceptors (Lipinski definition) is 6. The molecule has 0 saturated carbocycles. The molecule has 7 heteroatoms. The van der Waals surface area contributed by atoms with Crippen LogP contribution in [0, 0.1) is 5.82 Å². The number of hydrogen-bond donors (Lipinski definition) is 1. The van der Waals surface area contributed by atoms with Crippen LogP contribution in [-0.4, -0.2) is 15.0 Å². The van der Waals surface area contributed by atoms with Crippen LogP contribution in [0.3, 0.4) is 0 Å². The van der Waals surface area contributed by atoms with Crippen molar-refractivity contribution in [2.75, 3.05) is 5.32 Å². The monoisotopic (exact) mass is 358 g/mol. The van der Waals surface area contributed by atoms with Crippen molar-refractivity contribution >= 4 is 17.3 Å². The zero-order valence-electron chi connectivity index (χ0n) is 14.2.